The largest absolute Gasteiger partial charge is 0.396 e. The third-order valence-electron chi connectivity index (χ3n) is 5.00. The molecular weight excluding hydrogens is 252 g/mol. The van der Waals surface area contributed by atoms with Crippen molar-refractivity contribution in [2.24, 2.45) is 17.3 Å². The van der Waals surface area contributed by atoms with Gasteiger partial charge in [-0.2, -0.15) is 0 Å². The molecule has 1 heterocycles. The molecule has 2 atom stereocenters. The molecule has 1 saturated carbocycles. The van der Waals surface area contributed by atoms with Gasteiger partial charge >= 0.3 is 6.03 Å². The van der Waals surface area contributed by atoms with Gasteiger partial charge in [-0.1, -0.05) is 26.7 Å². The molecule has 0 aromatic heterocycles. The van der Waals surface area contributed by atoms with E-state index < -0.39 is 0 Å². The van der Waals surface area contributed by atoms with Crippen LogP contribution in [0.3, 0.4) is 0 Å². The van der Waals surface area contributed by atoms with Crippen LogP contribution >= 0.6 is 0 Å². The standard InChI is InChI=1S/C16H30N2O2/c1-16(2,12-19)8-5-9-17-15(20)18-10-13-6-3-4-7-14(13)11-18/h13-14,19H,3-12H2,1-2H3,(H,17,20). The molecule has 0 radical (unpaired) electrons. The van der Waals surface area contributed by atoms with Crippen LogP contribution in [-0.2, 0) is 0 Å². The maximum atomic E-state index is 12.1. The minimum absolute atomic E-state index is 0.0344. The van der Waals surface area contributed by atoms with Gasteiger partial charge in [-0.05, 0) is 42.9 Å². The molecule has 4 heteroatoms. The van der Waals surface area contributed by atoms with E-state index in [-0.39, 0.29) is 18.1 Å². The zero-order valence-corrected chi connectivity index (χ0v) is 13.0. The second-order valence-corrected chi connectivity index (χ2v) is 7.37. The Morgan fingerprint density at radius 1 is 1.25 bits per heavy atom. The van der Waals surface area contributed by atoms with Crippen LogP contribution in [0.15, 0.2) is 0 Å². The van der Waals surface area contributed by atoms with Crippen LogP contribution in [0.4, 0.5) is 4.79 Å². The second kappa shape index (κ2) is 6.79. The summed E-state index contributed by atoms with van der Waals surface area (Å²) < 4.78 is 0. The second-order valence-electron chi connectivity index (χ2n) is 7.37. The number of carbonyl (C=O) groups excluding carboxylic acids is 1. The first-order chi connectivity index (χ1) is 9.52. The lowest BCUT2D eigenvalue weighted by molar-refractivity contribution is 0.147. The molecule has 4 nitrogen and oxygen atoms in total. The van der Waals surface area contributed by atoms with Crippen LogP contribution in [0.1, 0.15) is 52.4 Å². The Balaban J connectivity index is 1.65. The number of fused-ring (bicyclic) bond motifs is 1. The van der Waals surface area contributed by atoms with Crippen LogP contribution < -0.4 is 5.32 Å². The van der Waals surface area contributed by atoms with Crippen molar-refractivity contribution in [2.45, 2.75) is 52.4 Å². The Morgan fingerprint density at radius 2 is 1.85 bits per heavy atom. The quantitative estimate of drug-likeness (QED) is 0.762. The van der Waals surface area contributed by atoms with E-state index >= 15 is 0 Å². The highest BCUT2D eigenvalue weighted by atomic mass is 16.3. The van der Waals surface area contributed by atoms with Gasteiger partial charge in [0.25, 0.3) is 0 Å². The number of aliphatic hydroxyl groups is 1. The summed E-state index contributed by atoms with van der Waals surface area (Å²) in [6.07, 6.45) is 7.16. The fourth-order valence-corrected chi connectivity index (χ4v) is 3.52. The maximum Gasteiger partial charge on any atom is 0.317 e. The van der Waals surface area contributed by atoms with E-state index in [1.165, 1.54) is 25.7 Å². The van der Waals surface area contributed by atoms with Gasteiger partial charge in [0.05, 0.1) is 0 Å². The summed E-state index contributed by atoms with van der Waals surface area (Å²) in [7, 11) is 0. The molecule has 0 aromatic carbocycles. The van der Waals surface area contributed by atoms with E-state index in [0.717, 1.165) is 37.8 Å². The fraction of sp³-hybridized carbons (Fsp3) is 0.938. The van der Waals surface area contributed by atoms with Gasteiger partial charge in [-0.3, -0.25) is 0 Å². The first-order valence-corrected chi connectivity index (χ1v) is 8.15. The van der Waals surface area contributed by atoms with Crippen molar-refractivity contribution in [3.05, 3.63) is 0 Å². The smallest absolute Gasteiger partial charge is 0.317 e. The summed E-state index contributed by atoms with van der Waals surface area (Å²) in [6.45, 7) is 6.95. The van der Waals surface area contributed by atoms with Gasteiger partial charge in [-0.25, -0.2) is 4.79 Å². The van der Waals surface area contributed by atoms with Gasteiger partial charge in [-0.15, -0.1) is 0 Å². The van der Waals surface area contributed by atoms with E-state index in [0.29, 0.717) is 6.54 Å². The van der Waals surface area contributed by atoms with Crippen molar-refractivity contribution < 1.29 is 9.90 Å². The lowest BCUT2D eigenvalue weighted by atomic mass is 9.82. The number of amides is 2. The highest BCUT2D eigenvalue weighted by Crippen LogP contribution is 2.35. The van der Waals surface area contributed by atoms with Gasteiger partial charge in [0.1, 0.15) is 0 Å². The molecule has 1 saturated heterocycles. The zero-order valence-electron chi connectivity index (χ0n) is 13.0. The van der Waals surface area contributed by atoms with Crippen molar-refractivity contribution in [2.75, 3.05) is 26.2 Å². The van der Waals surface area contributed by atoms with Gasteiger partial charge in [0, 0.05) is 26.2 Å². The lowest BCUT2D eigenvalue weighted by Crippen LogP contribution is -2.39. The highest BCUT2D eigenvalue weighted by Gasteiger charge is 2.36. The van der Waals surface area contributed by atoms with E-state index in [4.69, 9.17) is 0 Å². The molecule has 0 aromatic rings. The minimum Gasteiger partial charge on any atom is -0.396 e. The molecule has 2 aliphatic rings. The first kappa shape index (κ1) is 15.6. The number of nitrogens with one attached hydrogen (secondary N) is 1. The number of hydrogen-bond donors (Lipinski definition) is 2. The molecule has 2 N–H and O–H groups in total. The van der Waals surface area contributed by atoms with Crippen LogP contribution in [0.2, 0.25) is 0 Å². The summed E-state index contributed by atoms with van der Waals surface area (Å²) in [5.74, 6) is 1.51. The first-order valence-electron chi connectivity index (χ1n) is 8.15. The average molecular weight is 282 g/mol. The molecule has 20 heavy (non-hydrogen) atoms. The van der Waals surface area contributed by atoms with E-state index in [2.05, 4.69) is 19.2 Å². The predicted molar refractivity (Wildman–Crippen MR) is 80.5 cm³/mol. The van der Waals surface area contributed by atoms with E-state index in [1.807, 2.05) is 4.90 Å². The van der Waals surface area contributed by atoms with Crippen LogP contribution in [-0.4, -0.2) is 42.3 Å². The van der Waals surface area contributed by atoms with Crippen molar-refractivity contribution >= 4 is 6.03 Å². The molecule has 1 aliphatic carbocycles. The van der Waals surface area contributed by atoms with Crippen LogP contribution in [0.25, 0.3) is 0 Å². The topological polar surface area (TPSA) is 52.6 Å². The lowest BCUT2D eigenvalue weighted by Gasteiger charge is -2.22. The third-order valence-corrected chi connectivity index (χ3v) is 5.00. The average Bonchev–Trinajstić information content (AvgIpc) is 2.87. The summed E-state index contributed by atoms with van der Waals surface area (Å²) in [5, 5.41) is 12.2. The Hall–Kier alpha value is -0.770. The fourth-order valence-electron chi connectivity index (χ4n) is 3.52. The minimum atomic E-state index is -0.0344. The van der Waals surface area contributed by atoms with Gasteiger partial charge in [0.2, 0.25) is 0 Å². The Morgan fingerprint density at radius 3 is 2.40 bits per heavy atom. The summed E-state index contributed by atoms with van der Waals surface area (Å²) in [4.78, 5) is 14.2. The summed E-state index contributed by atoms with van der Waals surface area (Å²) in [5.41, 5.74) is -0.0344. The Labute approximate surface area is 122 Å². The number of likely N-dealkylation sites (tertiary alicyclic amines) is 1. The van der Waals surface area contributed by atoms with Gasteiger partial charge < -0.3 is 15.3 Å². The SMILES string of the molecule is CC(C)(CO)CCCNC(=O)N1CC2CCCCC2C1. The van der Waals surface area contributed by atoms with Crippen molar-refractivity contribution in [3.8, 4) is 0 Å². The summed E-state index contributed by atoms with van der Waals surface area (Å²) in [6, 6.07) is 0.112. The number of rotatable bonds is 5. The third kappa shape index (κ3) is 4.11. The zero-order chi connectivity index (χ0) is 14.6. The monoisotopic (exact) mass is 282 g/mol. The number of aliphatic hydroxyl groups excluding tert-OH is 1. The van der Waals surface area contributed by atoms with Crippen LogP contribution in [0, 0.1) is 17.3 Å². The molecule has 2 rings (SSSR count). The highest BCUT2D eigenvalue weighted by molar-refractivity contribution is 5.74. The molecule has 116 valence electrons. The predicted octanol–water partition coefficient (Wildman–Crippen LogP) is 2.62. The van der Waals surface area contributed by atoms with E-state index in [1.54, 1.807) is 0 Å². The Bertz CT molecular complexity index is 316. The van der Waals surface area contributed by atoms with Crippen molar-refractivity contribution in [3.63, 3.8) is 0 Å². The van der Waals surface area contributed by atoms with Crippen molar-refractivity contribution in [1.82, 2.24) is 10.2 Å². The number of nitrogens with zero attached hydrogens (tertiary/aromatic N) is 1. The van der Waals surface area contributed by atoms with Crippen LogP contribution in [0.5, 0.6) is 0 Å². The maximum absolute atomic E-state index is 12.1. The molecule has 2 unspecified atom stereocenters. The molecular formula is C16H30N2O2. The molecule has 0 bridgehead atoms. The van der Waals surface area contributed by atoms with Gasteiger partial charge in [0.15, 0.2) is 0 Å². The number of hydrogen-bond acceptors (Lipinski definition) is 2. The van der Waals surface area contributed by atoms with Crippen molar-refractivity contribution in [1.29, 1.82) is 0 Å². The molecule has 1 aliphatic heterocycles. The number of carbonyl (C=O) groups is 1. The normalized spacial score (nSPS) is 26.4. The van der Waals surface area contributed by atoms with E-state index in [9.17, 15) is 9.90 Å². The summed E-state index contributed by atoms with van der Waals surface area (Å²) >= 11 is 0. The molecule has 2 fully saturated rings. The Kier molecular flexibility index (Phi) is 5.30. The molecule has 0 spiro atoms. The number of urea groups is 1. The molecule has 2 amide bonds.